The van der Waals surface area contributed by atoms with Crippen LogP contribution in [0.25, 0.3) is 0 Å². The largest absolute Gasteiger partial charge is 0.384 e. The molecule has 1 heterocycles. The summed E-state index contributed by atoms with van der Waals surface area (Å²) < 4.78 is 4.97. The monoisotopic (exact) mass is 213 g/mol. The second-order valence-electron chi connectivity index (χ2n) is 2.93. The molecule has 0 bridgehead atoms. The van der Waals surface area contributed by atoms with E-state index in [9.17, 15) is 0 Å². The van der Waals surface area contributed by atoms with E-state index in [1.54, 1.807) is 18.9 Å². The van der Waals surface area contributed by atoms with E-state index in [2.05, 4.69) is 9.97 Å². The van der Waals surface area contributed by atoms with Crippen LogP contribution in [0.5, 0.6) is 0 Å². The Morgan fingerprint density at radius 3 is 2.71 bits per heavy atom. The molecular weight excluding hydrogens is 198 g/mol. The van der Waals surface area contributed by atoms with Crippen LogP contribution in [0, 0.1) is 13.8 Å². The van der Waals surface area contributed by atoms with Gasteiger partial charge in [-0.2, -0.15) is 0 Å². The fourth-order valence-electron chi connectivity index (χ4n) is 0.986. The van der Waals surface area contributed by atoms with Crippen LogP contribution in [0.1, 0.15) is 11.4 Å². The first kappa shape index (κ1) is 11.3. The molecule has 1 aromatic rings. The molecule has 0 unspecified atom stereocenters. The van der Waals surface area contributed by atoms with E-state index < -0.39 is 0 Å². The number of hydrogen-bond donors (Lipinski definition) is 1. The molecule has 0 spiro atoms. The maximum absolute atomic E-state index is 5.73. The van der Waals surface area contributed by atoms with Gasteiger partial charge in [0.25, 0.3) is 0 Å². The number of nitrogens with zero attached hydrogens (tertiary/aromatic N) is 2. The number of nitrogens with two attached hydrogens (primary N) is 1. The van der Waals surface area contributed by atoms with Crippen LogP contribution in [-0.4, -0.2) is 29.4 Å². The van der Waals surface area contributed by atoms with Crippen LogP contribution in [0.15, 0.2) is 5.03 Å². The lowest BCUT2D eigenvalue weighted by Gasteiger charge is -2.07. The lowest BCUT2D eigenvalue weighted by molar-refractivity contribution is 0.218. The van der Waals surface area contributed by atoms with Gasteiger partial charge in [0.05, 0.1) is 6.61 Å². The molecule has 0 aliphatic heterocycles. The van der Waals surface area contributed by atoms with Crippen molar-refractivity contribution in [3.8, 4) is 0 Å². The Morgan fingerprint density at radius 1 is 1.36 bits per heavy atom. The van der Waals surface area contributed by atoms with Gasteiger partial charge in [-0.25, -0.2) is 9.97 Å². The first-order chi connectivity index (χ1) is 6.65. The number of nitrogen functional groups attached to an aromatic ring is 1. The third kappa shape index (κ3) is 2.85. The smallest absolute Gasteiger partial charge is 0.131 e. The molecule has 1 rings (SSSR count). The SMILES string of the molecule is COCCSc1nc(C)nc(N)c1C. The molecule has 5 heteroatoms. The fourth-order valence-corrected chi connectivity index (χ4v) is 1.95. The fraction of sp³-hybridized carbons (Fsp3) is 0.556. The van der Waals surface area contributed by atoms with E-state index in [1.807, 2.05) is 13.8 Å². The average Bonchev–Trinajstić information content (AvgIpc) is 2.13. The molecule has 0 aromatic carbocycles. The molecule has 0 fully saturated rings. The summed E-state index contributed by atoms with van der Waals surface area (Å²) in [5.41, 5.74) is 6.69. The molecule has 78 valence electrons. The summed E-state index contributed by atoms with van der Waals surface area (Å²) in [6.45, 7) is 4.49. The van der Waals surface area contributed by atoms with Crippen molar-refractivity contribution in [2.75, 3.05) is 25.2 Å². The zero-order chi connectivity index (χ0) is 10.6. The molecule has 0 aliphatic rings. The molecule has 0 saturated heterocycles. The highest BCUT2D eigenvalue weighted by atomic mass is 32.2. The maximum atomic E-state index is 5.73. The van der Waals surface area contributed by atoms with Crippen LogP contribution in [0.3, 0.4) is 0 Å². The molecule has 14 heavy (non-hydrogen) atoms. The van der Waals surface area contributed by atoms with Crippen LogP contribution in [0.2, 0.25) is 0 Å². The van der Waals surface area contributed by atoms with Crippen LogP contribution in [-0.2, 0) is 4.74 Å². The van der Waals surface area contributed by atoms with Gasteiger partial charge >= 0.3 is 0 Å². The molecule has 2 N–H and O–H groups in total. The Bertz CT molecular complexity index is 317. The number of aryl methyl sites for hydroxylation is 1. The zero-order valence-electron chi connectivity index (χ0n) is 8.70. The minimum Gasteiger partial charge on any atom is -0.384 e. The first-order valence-corrected chi connectivity index (χ1v) is 5.36. The molecular formula is C9H15N3OS. The molecule has 4 nitrogen and oxygen atoms in total. The van der Waals surface area contributed by atoms with Crippen LogP contribution >= 0.6 is 11.8 Å². The van der Waals surface area contributed by atoms with Crippen molar-refractivity contribution in [3.05, 3.63) is 11.4 Å². The Morgan fingerprint density at radius 2 is 2.07 bits per heavy atom. The van der Waals surface area contributed by atoms with Gasteiger partial charge in [-0.05, 0) is 13.8 Å². The lowest BCUT2D eigenvalue weighted by atomic mass is 10.3. The van der Waals surface area contributed by atoms with Crippen molar-refractivity contribution in [2.24, 2.45) is 0 Å². The van der Waals surface area contributed by atoms with Gasteiger partial charge in [-0.15, -0.1) is 11.8 Å². The van der Waals surface area contributed by atoms with Gasteiger partial charge in [0.1, 0.15) is 16.7 Å². The molecule has 0 radical (unpaired) electrons. The minimum absolute atomic E-state index is 0.567. The van der Waals surface area contributed by atoms with E-state index in [0.29, 0.717) is 18.2 Å². The molecule has 0 amide bonds. The van der Waals surface area contributed by atoms with Crippen molar-refractivity contribution in [1.29, 1.82) is 0 Å². The van der Waals surface area contributed by atoms with Crippen molar-refractivity contribution < 1.29 is 4.74 Å². The number of thioether (sulfide) groups is 1. The van der Waals surface area contributed by atoms with E-state index in [1.165, 1.54) is 0 Å². The highest BCUT2D eigenvalue weighted by molar-refractivity contribution is 7.99. The number of ether oxygens (including phenoxy) is 1. The summed E-state index contributed by atoms with van der Waals surface area (Å²) in [7, 11) is 1.69. The van der Waals surface area contributed by atoms with Crippen molar-refractivity contribution >= 4 is 17.6 Å². The Hall–Kier alpha value is -0.810. The molecule has 0 atom stereocenters. The van der Waals surface area contributed by atoms with Crippen LogP contribution < -0.4 is 5.73 Å². The summed E-state index contributed by atoms with van der Waals surface area (Å²) in [6.07, 6.45) is 0. The van der Waals surface area contributed by atoms with Crippen molar-refractivity contribution in [2.45, 2.75) is 18.9 Å². The van der Waals surface area contributed by atoms with Gasteiger partial charge in [0.2, 0.25) is 0 Å². The average molecular weight is 213 g/mol. The van der Waals surface area contributed by atoms with Gasteiger partial charge in [0.15, 0.2) is 0 Å². The van der Waals surface area contributed by atoms with E-state index in [4.69, 9.17) is 10.5 Å². The Kier molecular flexibility index (Phi) is 4.16. The third-order valence-corrected chi connectivity index (χ3v) is 2.82. The summed E-state index contributed by atoms with van der Waals surface area (Å²) in [5, 5.41) is 0.951. The van der Waals surface area contributed by atoms with Gasteiger partial charge in [-0.3, -0.25) is 0 Å². The summed E-state index contributed by atoms with van der Waals surface area (Å²) >= 11 is 1.64. The Labute approximate surface area is 88.3 Å². The highest BCUT2D eigenvalue weighted by Crippen LogP contribution is 2.22. The quantitative estimate of drug-likeness (QED) is 0.465. The number of hydrogen-bond acceptors (Lipinski definition) is 5. The molecule has 0 aliphatic carbocycles. The molecule has 0 saturated carbocycles. The third-order valence-electron chi connectivity index (χ3n) is 1.78. The van der Waals surface area contributed by atoms with E-state index in [-0.39, 0.29) is 0 Å². The topological polar surface area (TPSA) is 61.0 Å². The van der Waals surface area contributed by atoms with Crippen molar-refractivity contribution in [3.63, 3.8) is 0 Å². The second-order valence-corrected chi connectivity index (χ2v) is 4.01. The predicted molar refractivity (Wildman–Crippen MR) is 58.5 cm³/mol. The Balaban J connectivity index is 2.75. The van der Waals surface area contributed by atoms with Crippen molar-refractivity contribution in [1.82, 2.24) is 9.97 Å². The number of methoxy groups -OCH3 is 1. The van der Waals surface area contributed by atoms with Crippen LogP contribution in [0.4, 0.5) is 5.82 Å². The summed E-state index contributed by atoms with van der Waals surface area (Å²) in [4.78, 5) is 8.41. The zero-order valence-corrected chi connectivity index (χ0v) is 9.52. The number of anilines is 1. The minimum atomic E-state index is 0.567. The number of rotatable bonds is 4. The standard InChI is InChI=1S/C9H15N3OS/c1-6-8(10)11-7(2)12-9(6)14-5-4-13-3/h4-5H2,1-3H3,(H2,10,11,12). The van der Waals surface area contributed by atoms with E-state index >= 15 is 0 Å². The number of aromatic nitrogens is 2. The van der Waals surface area contributed by atoms with Gasteiger partial charge in [0, 0.05) is 18.4 Å². The maximum Gasteiger partial charge on any atom is 0.131 e. The van der Waals surface area contributed by atoms with Gasteiger partial charge in [-0.1, -0.05) is 0 Å². The van der Waals surface area contributed by atoms with E-state index in [0.717, 1.165) is 16.3 Å². The second kappa shape index (κ2) is 5.17. The normalized spacial score (nSPS) is 10.5. The first-order valence-electron chi connectivity index (χ1n) is 4.37. The summed E-state index contributed by atoms with van der Waals surface area (Å²) in [5.74, 6) is 2.16. The highest BCUT2D eigenvalue weighted by Gasteiger charge is 2.06. The molecule has 1 aromatic heterocycles. The lowest BCUT2D eigenvalue weighted by Crippen LogP contribution is -2.02. The summed E-state index contributed by atoms with van der Waals surface area (Å²) in [6, 6.07) is 0. The predicted octanol–water partition coefficient (Wildman–Crippen LogP) is 1.41. The van der Waals surface area contributed by atoms with Gasteiger partial charge < -0.3 is 10.5 Å².